The molecule has 0 bridgehead atoms. The van der Waals surface area contributed by atoms with Crippen LogP contribution in [-0.4, -0.2) is 13.1 Å². The molecule has 1 aromatic rings. The molecule has 0 radical (unpaired) electrons. The summed E-state index contributed by atoms with van der Waals surface area (Å²) in [4.78, 5) is 2.44. The van der Waals surface area contributed by atoms with Gasteiger partial charge in [0.1, 0.15) is 0 Å². The van der Waals surface area contributed by atoms with E-state index < -0.39 is 0 Å². The van der Waals surface area contributed by atoms with Crippen molar-refractivity contribution in [2.24, 2.45) is 11.7 Å². The standard InChI is InChI=1S/C16H25BrN2/c1-11-5-4-6-13(9-11)19(3)14-7-8-15(12(2)18)16(17)10-14/h7-8,10-13H,4-6,9,18H2,1-3H3/t11?,12-,13?/m1/s1. The van der Waals surface area contributed by atoms with Crippen molar-refractivity contribution in [3.63, 3.8) is 0 Å². The molecule has 106 valence electrons. The van der Waals surface area contributed by atoms with Gasteiger partial charge in [-0.05, 0) is 43.4 Å². The molecule has 1 aliphatic carbocycles. The van der Waals surface area contributed by atoms with Gasteiger partial charge in [0.25, 0.3) is 0 Å². The van der Waals surface area contributed by atoms with Crippen molar-refractivity contribution in [3.8, 4) is 0 Å². The molecule has 0 amide bonds. The van der Waals surface area contributed by atoms with E-state index in [1.807, 2.05) is 6.92 Å². The van der Waals surface area contributed by atoms with Gasteiger partial charge in [-0.25, -0.2) is 0 Å². The summed E-state index contributed by atoms with van der Waals surface area (Å²) in [6.07, 6.45) is 5.36. The molecule has 2 rings (SSSR count). The van der Waals surface area contributed by atoms with Crippen LogP contribution in [0.1, 0.15) is 51.1 Å². The van der Waals surface area contributed by atoms with Crippen LogP contribution >= 0.6 is 15.9 Å². The molecule has 2 unspecified atom stereocenters. The lowest BCUT2D eigenvalue weighted by Gasteiger charge is -2.36. The van der Waals surface area contributed by atoms with E-state index in [4.69, 9.17) is 5.73 Å². The minimum Gasteiger partial charge on any atom is -0.372 e. The van der Waals surface area contributed by atoms with Gasteiger partial charge in [0, 0.05) is 29.3 Å². The third-order valence-corrected chi connectivity index (χ3v) is 5.03. The maximum absolute atomic E-state index is 5.96. The van der Waals surface area contributed by atoms with Crippen LogP contribution in [0.25, 0.3) is 0 Å². The smallest absolute Gasteiger partial charge is 0.0377 e. The Hall–Kier alpha value is -0.540. The number of hydrogen-bond donors (Lipinski definition) is 1. The van der Waals surface area contributed by atoms with Gasteiger partial charge >= 0.3 is 0 Å². The van der Waals surface area contributed by atoms with E-state index in [0.717, 1.165) is 10.4 Å². The normalized spacial score (nSPS) is 25.1. The molecule has 0 spiro atoms. The highest BCUT2D eigenvalue weighted by molar-refractivity contribution is 9.10. The molecule has 0 aliphatic heterocycles. The van der Waals surface area contributed by atoms with Crippen LogP contribution in [0, 0.1) is 5.92 Å². The maximum Gasteiger partial charge on any atom is 0.0377 e. The third-order valence-electron chi connectivity index (χ3n) is 4.34. The van der Waals surface area contributed by atoms with Crippen LogP contribution < -0.4 is 10.6 Å². The Labute approximate surface area is 125 Å². The lowest BCUT2D eigenvalue weighted by molar-refractivity contribution is 0.336. The number of rotatable bonds is 3. The summed E-state index contributed by atoms with van der Waals surface area (Å²) in [6, 6.07) is 7.30. The Morgan fingerprint density at radius 1 is 1.37 bits per heavy atom. The van der Waals surface area contributed by atoms with E-state index in [1.54, 1.807) is 0 Å². The van der Waals surface area contributed by atoms with Crippen molar-refractivity contribution < 1.29 is 0 Å². The predicted molar refractivity (Wildman–Crippen MR) is 86.6 cm³/mol. The molecule has 1 aromatic carbocycles. The Bertz CT molecular complexity index is 431. The van der Waals surface area contributed by atoms with Crippen molar-refractivity contribution in [2.75, 3.05) is 11.9 Å². The summed E-state index contributed by atoms with van der Waals surface area (Å²) >= 11 is 3.65. The first-order chi connectivity index (χ1) is 8.99. The zero-order valence-corrected chi connectivity index (χ0v) is 13.8. The average molecular weight is 325 g/mol. The first-order valence-corrected chi connectivity index (χ1v) is 8.06. The first-order valence-electron chi connectivity index (χ1n) is 7.27. The summed E-state index contributed by atoms with van der Waals surface area (Å²) < 4.78 is 1.12. The molecule has 2 nitrogen and oxygen atoms in total. The Balaban J connectivity index is 2.15. The van der Waals surface area contributed by atoms with Crippen molar-refractivity contribution in [2.45, 2.75) is 51.6 Å². The van der Waals surface area contributed by atoms with Crippen LogP contribution in [0.4, 0.5) is 5.69 Å². The number of nitrogens with zero attached hydrogens (tertiary/aromatic N) is 1. The van der Waals surface area contributed by atoms with Gasteiger partial charge in [0.2, 0.25) is 0 Å². The van der Waals surface area contributed by atoms with Crippen molar-refractivity contribution in [1.29, 1.82) is 0 Å². The fourth-order valence-corrected chi connectivity index (χ4v) is 3.80. The quantitative estimate of drug-likeness (QED) is 0.887. The molecule has 0 saturated heterocycles. The van der Waals surface area contributed by atoms with E-state index >= 15 is 0 Å². The van der Waals surface area contributed by atoms with E-state index in [2.05, 4.69) is 53.0 Å². The number of anilines is 1. The van der Waals surface area contributed by atoms with Gasteiger partial charge in [0.15, 0.2) is 0 Å². The molecular formula is C16H25BrN2. The SMILES string of the molecule is CC1CCCC(N(C)c2ccc([C@@H](C)N)c(Br)c2)C1. The highest BCUT2D eigenvalue weighted by Crippen LogP contribution is 2.32. The summed E-state index contributed by atoms with van der Waals surface area (Å²) in [5.74, 6) is 0.855. The summed E-state index contributed by atoms with van der Waals surface area (Å²) in [5.41, 5.74) is 8.42. The van der Waals surface area contributed by atoms with Crippen LogP contribution in [0.5, 0.6) is 0 Å². The summed E-state index contributed by atoms with van der Waals surface area (Å²) in [7, 11) is 2.22. The second-order valence-corrected chi connectivity index (χ2v) is 6.89. The van der Waals surface area contributed by atoms with E-state index in [0.29, 0.717) is 6.04 Å². The number of nitrogens with two attached hydrogens (primary N) is 1. The number of halogens is 1. The van der Waals surface area contributed by atoms with E-state index in [9.17, 15) is 0 Å². The van der Waals surface area contributed by atoms with Gasteiger partial charge in [-0.1, -0.05) is 41.8 Å². The minimum atomic E-state index is 0.0726. The lowest BCUT2D eigenvalue weighted by Crippen LogP contribution is -2.35. The highest BCUT2D eigenvalue weighted by atomic mass is 79.9. The summed E-state index contributed by atoms with van der Waals surface area (Å²) in [6.45, 7) is 4.39. The third kappa shape index (κ3) is 3.51. The van der Waals surface area contributed by atoms with Crippen LogP contribution in [0.3, 0.4) is 0 Å². The van der Waals surface area contributed by atoms with Crippen molar-refractivity contribution in [3.05, 3.63) is 28.2 Å². The maximum atomic E-state index is 5.96. The molecule has 0 aromatic heterocycles. The Morgan fingerprint density at radius 2 is 2.11 bits per heavy atom. The molecule has 1 fully saturated rings. The van der Waals surface area contributed by atoms with Crippen molar-refractivity contribution >= 4 is 21.6 Å². The lowest BCUT2D eigenvalue weighted by atomic mass is 9.86. The molecule has 0 heterocycles. The van der Waals surface area contributed by atoms with Gasteiger partial charge in [-0.2, -0.15) is 0 Å². The Morgan fingerprint density at radius 3 is 2.68 bits per heavy atom. The largest absolute Gasteiger partial charge is 0.372 e. The average Bonchev–Trinajstić information content (AvgIpc) is 2.37. The molecular weight excluding hydrogens is 300 g/mol. The fourth-order valence-electron chi connectivity index (χ4n) is 3.07. The zero-order valence-electron chi connectivity index (χ0n) is 12.2. The van der Waals surface area contributed by atoms with Crippen LogP contribution in [0.15, 0.2) is 22.7 Å². The van der Waals surface area contributed by atoms with Gasteiger partial charge in [0.05, 0.1) is 0 Å². The number of hydrogen-bond acceptors (Lipinski definition) is 2. The fraction of sp³-hybridized carbons (Fsp3) is 0.625. The monoisotopic (exact) mass is 324 g/mol. The molecule has 3 atom stereocenters. The Kier molecular flexibility index (Phi) is 4.91. The van der Waals surface area contributed by atoms with Gasteiger partial charge in [-0.3, -0.25) is 0 Å². The molecule has 1 aliphatic rings. The van der Waals surface area contributed by atoms with Crippen LogP contribution in [0.2, 0.25) is 0 Å². The van der Waals surface area contributed by atoms with Gasteiger partial charge in [-0.15, -0.1) is 0 Å². The van der Waals surface area contributed by atoms with E-state index in [1.165, 1.54) is 36.9 Å². The van der Waals surface area contributed by atoms with E-state index in [-0.39, 0.29) is 6.04 Å². The second kappa shape index (κ2) is 6.27. The first kappa shape index (κ1) is 14.9. The minimum absolute atomic E-state index is 0.0726. The highest BCUT2D eigenvalue weighted by Gasteiger charge is 2.23. The van der Waals surface area contributed by atoms with Gasteiger partial charge < -0.3 is 10.6 Å². The predicted octanol–water partition coefficient (Wildman–Crippen LogP) is 4.48. The zero-order chi connectivity index (χ0) is 14.0. The topological polar surface area (TPSA) is 29.3 Å². The molecule has 3 heteroatoms. The van der Waals surface area contributed by atoms with Crippen LogP contribution in [-0.2, 0) is 0 Å². The molecule has 1 saturated carbocycles. The van der Waals surface area contributed by atoms with Crippen molar-refractivity contribution in [1.82, 2.24) is 0 Å². The number of benzene rings is 1. The second-order valence-electron chi connectivity index (χ2n) is 6.03. The molecule has 19 heavy (non-hydrogen) atoms. The summed E-state index contributed by atoms with van der Waals surface area (Å²) in [5, 5.41) is 0. The molecule has 2 N–H and O–H groups in total.